The molecule has 1 fully saturated rings. The van der Waals surface area contributed by atoms with Gasteiger partial charge in [-0.05, 0) is 25.0 Å². The predicted octanol–water partition coefficient (Wildman–Crippen LogP) is 0.925. The van der Waals surface area contributed by atoms with Crippen LogP contribution in [0.4, 0.5) is 11.5 Å². The minimum atomic E-state index is -0.560. The molecule has 1 saturated carbocycles. The van der Waals surface area contributed by atoms with Crippen LogP contribution in [-0.4, -0.2) is 53.0 Å². The van der Waals surface area contributed by atoms with E-state index in [1.165, 1.54) is 6.20 Å². The van der Waals surface area contributed by atoms with Crippen molar-refractivity contribution in [2.24, 2.45) is 5.92 Å². The first-order valence-electron chi connectivity index (χ1n) is 9.35. The number of aliphatic hydroxyl groups excluding tert-OH is 1. The van der Waals surface area contributed by atoms with Crippen molar-refractivity contribution in [1.82, 2.24) is 15.3 Å². The third-order valence-electron chi connectivity index (χ3n) is 4.45. The summed E-state index contributed by atoms with van der Waals surface area (Å²) < 4.78 is 0. The molecule has 1 aliphatic carbocycles. The van der Waals surface area contributed by atoms with Crippen LogP contribution in [-0.2, 0) is 9.59 Å². The highest BCUT2D eigenvalue weighted by Crippen LogP contribution is 2.30. The summed E-state index contributed by atoms with van der Waals surface area (Å²) in [7, 11) is 0. The van der Waals surface area contributed by atoms with Crippen molar-refractivity contribution in [1.29, 1.82) is 5.26 Å². The highest BCUT2D eigenvalue weighted by atomic mass is 16.3. The van der Waals surface area contributed by atoms with Gasteiger partial charge in [0.2, 0.25) is 5.91 Å². The van der Waals surface area contributed by atoms with Gasteiger partial charge in [-0.1, -0.05) is 6.07 Å². The first-order valence-corrected chi connectivity index (χ1v) is 9.35. The number of carbonyl (C=O) groups is 2. The van der Waals surface area contributed by atoms with Crippen LogP contribution in [0.2, 0.25) is 0 Å². The Bertz CT molecular complexity index is 905. The van der Waals surface area contributed by atoms with E-state index in [2.05, 4.69) is 32.0 Å². The van der Waals surface area contributed by atoms with Crippen LogP contribution in [0.25, 0.3) is 11.3 Å². The van der Waals surface area contributed by atoms with E-state index >= 15 is 0 Å². The second-order valence-electron chi connectivity index (χ2n) is 6.74. The molecule has 9 heteroatoms. The van der Waals surface area contributed by atoms with Crippen molar-refractivity contribution >= 4 is 23.7 Å². The maximum absolute atomic E-state index is 11.8. The summed E-state index contributed by atoms with van der Waals surface area (Å²) in [4.78, 5) is 31.7. The zero-order valence-electron chi connectivity index (χ0n) is 15.8. The molecule has 1 aromatic carbocycles. The van der Waals surface area contributed by atoms with Crippen molar-refractivity contribution in [3.63, 3.8) is 0 Å². The van der Waals surface area contributed by atoms with Crippen molar-refractivity contribution in [2.45, 2.75) is 18.9 Å². The molecule has 4 N–H and O–H groups in total. The van der Waals surface area contributed by atoms with Gasteiger partial charge in [-0.3, -0.25) is 9.78 Å². The first-order chi connectivity index (χ1) is 14.1. The molecule has 2 aromatic rings. The molecule has 1 heterocycles. The van der Waals surface area contributed by atoms with E-state index in [1.54, 1.807) is 24.4 Å². The number of anilines is 2. The summed E-state index contributed by atoms with van der Waals surface area (Å²) in [6.07, 6.45) is 5.61. The number of nitrogens with one attached hydrogen (secondary N) is 3. The highest BCUT2D eigenvalue weighted by molar-refractivity contribution is 5.93. The highest BCUT2D eigenvalue weighted by Gasteiger charge is 2.29. The largest absolute Gasteiger partial charge is 0.395 e. The second-order valence-corrected chi connectivity index (χ2v) is 6.74. The molecule has 0 radical (unpaired) electrons. The van der Waals surface area contributed by atoms with E-state index in [0.717, 1.165) is 19.1 Å². The van der Waals surface area contributed by atoms with Gasteiger partial charge in [0.25, 0.3) is 0 Å². The zero-order chi connectivity index (χ0) is 20.6. The summed E-state index contributed by atoms with van der Waals surface area (Å²) in [6, 6.07) is 6.66. The molecule has 1 atom stereocenters. The van der Waals surface area contributed by atoms with Crippen LogP contribution < -0.4 is 16.0 Å². The molecule has 3 rings (SSSR count). The number of rotatable bonds is 10. The van der Waals surface area contributed by atoms with E-state index in [9.17, 15) is 14.9 Å². The van der Waals surface area contributed by atoms with E-state index in [0.29, 0.717) is 41.4 Å². The van der Waals surface area contributed by atoms with Gasteiger partial charge in [0.1, 0.15) is 12.4 Å². The molecule has 0 spiro atoms. The number of hydrogen-bond donors (Lipinski definition) is 4. The minimum Gasteiger partial charge on any atom is -0.395 e. The van der Waals surface area contributed by atoms with Gasteiger partial charge in [-0.25, -0.2) is 4.98 Å². The summed E-state index contributed by atoms with van der Waals surface area (Å²) in [6.45, 7) is 0.658. The fourth-order valence-electron chi connectivity index (χ4n) is 2.71. The molecule has 1 amide bonds. The molecular formula is C20H22N6O3. The van der Waals surface area contributed by atoms with Gasteiger partial charge < -0.3 is 25.9 Å². The van der Waals surface area contributed by atoms with Gasteiger partial charge in [0.15, 0.2) is 5.82 Å². The molecule has 0 aliphatic heterocycles. The molecular weight excluding hydrogens is 372 g/mol. The zero-order valence-corrected chi connectivity index (χ0v) is 15.8. The Labute approximate surface area is 168 Å². The molecule has 29 heavy (non-hydrogen) atoms. The normalized spacial score (nSPS) is 13.9. The van der Waals surface area contributed by atoms with Crippen LogP contribution in [0.15, 0.2) is 30.6 Å². The Kier molecular flexibility index (Phi) is 6.84. The average molecular weight is 394 g/mol. The van der Waals surface area contributed by atoms with Gasteiger partial charge in [-0.2, -0.15) is 5.26 Å². The Morgan fingerprint density at radius 1 is 1.34 bits per heavy atom. The monoisotopic (exact) mass is 394 g/mol. The Morgan fingerprint density at radius 2 is 2.17 bits per heavy atom. The fourth-order valence-corrected chi connectivity index (χ4v) is 2.71. The maximum Gasteiger partial charge on any atom is 0.228 e. The molecule has 1 aromatic heterocycles. The second kappa shape index (κ2) is 9.73. The molecule has 150 valence electrons. The predicted molar refractivity (Wildman–Crippen MR) is 107 cm³/mol. The van der Waals surface area contributed by atoms with Crippen molar-refractivity contribution in [3.8, 4) is 17.3 Å². The van der Waals surface area contributed by atoms with E-state index in [1.807, 2.05) is 0 Å². The number of nitrogens with zero attached hydrogens (tertiary/aromatic N) is 3. The van der Waals surface area contributed by atoms with Crippen molar-refractivity contribution < 1.29 is 14.7 Å². The number of carbonyl (C=O) groups excluding carboxylic acids is 2. The van der Waals surface area contributed by atoms with Crippen LogP contribution in [0.1, 0.15) is 18.4 Å². The van der Waals surface area contributed by atoms with Crippen LogP contribution in [0, 0.1) is 17.2 Å². The van der Waals surface area contributed by atoms with Crippen LogP contribution >= 0.6 is 0 Å². The smallest absolute Gasteiger partial charge is 0.228 e. The van der Waals surface area contributed by atoms with Crippen LogP contribution in [0.5, 0.6) is 0 Å². The topological polar surface area (TPSA) is 140 Å². The van der Waals surface area contributed by atoms with Crippen LogP contribution in [0.3, 0.4) is 0 Å². The van der Waals surface area contributed by atoms with Gasteiger partial charge in [-0.15, -0.1) is 0 Å². The third-order valence-corrected chi connectivity index (χ3v) is 4.45. The number of amides is 1. The van der Waals surface area contributed by atoms with Gasteiger partial charge >= 0.3 is 0 Å². The summed E-state index contributed by atoms with van der Waals surface area (Å²) in [5.74, 6) is 0.446. The van der Waals surface area contributed by atoms with Gasteiger partial charge in [0, 0.05) is 24.6 Å². The van der Waals surface area contributed by atoms with E-state index in [-0.39, 0.29) is 18.4 Å². The number of aromatic nitrogens is 2. The van der Waals surface area contributed by atoms with Crippen molar-refractivity contribution in [3.05, 3.63) is 36.2 Å². The SMILES string of the molecule is N#Cc1ccc(-c2cnc(NC(=O)C3CC3)cn2)cc1N[C@H](C=O)CNCCO. The van der Waals surface area contributed by atoms with Gasteiger partial charge in [0.05, 0.1) is 42.0 Å². The quantitative estimate of drug-likeness (QED) is 0.345. The number of hydrogen-bond acceptors (Lipinski definition) is 8. The lowest BCUT2D eigenvalue weighted by atomic mass is 10.1. The lowest BCUT2D eigenvalue weighted by Gasteiger charge is -2.16. The standard InChI is InChI=1S/C20H22N6O3/c21-8-15-4-3-14(7-17(15)25-16(12-28)9-22-5-6-27)18-10-24-19(11-23-18)26-20(29)13-1-2-13/h3-4,7,10-13,16,22,25,27H,1-2,5-6,9H2,(H,24,26,29)/t16-/m0/s1. The molecule has 0 saturated heterocycles. The number of nitriles is 1. The van der Waals surface area contributed by atoms with E-state index < -0.39 is 6.04 Å². The average Bonchev–Trinajstić information content (AvgIpc) is 3.59. The lowest BCUT2D eigenvalue weighted by Crippen LogP contribution is -2.35. The number of aldehydes is 1. The summed E-state index contributed by atoms with van der Waals surface area (Å²) in [5.41, 5.74) is 2.18. The molecule has 0 bridgehead atoms. The van der Waals surface area contributed by atoms with Crippen molar-refractivity contribution in [2.75, 3.05) is 30.3 Å². The summed E-state index contributed by atoms with van der Waals surface area (Å²) >= 11 is 0. The third kappa shape index (κ3) is 5.57. The Hall–Kier alpha value is -3.35. The summed E-state index contributed by atoms with van der Waals surface area (Å²) in [5, 5.41) is 26.9. The number of benzene rings is 1. The molecule has 9 nitrogen and oxygen atoms in total. The Balaban J connectivity index is 1.74. The fraction of sp³-hybridized carbons (Fsp3) is 0.350. The lowest BCUT2D eigenvalue weighted by molar-refractivity contribution is -0.117. The minimum absolute atomic E-state index is 0.0275. The Morgan fingerprint density at radius 3 is 2.79 bits per heavy atom. The molecule has 1 aliphatic rings. The first kappa shape index (κ1) is 20.4. The number of aliphatic hydroxyl groups is 1. The van der Waals surface area contributed by atoms with E-state index in [4.69, 9.17) is 5.11 Å². The maximum atomic E-state index is 11.8. The molecule has 0 unspecified atom stereocenters.